The number of amidine groups is 1. The Balaban J connectivity index is 1.77. The molecule has 1 aromatic carbocycles. The fourth-order valence-corrected chi connectivity index (χ4v) is 3.51. The zero-order chi connectivity index (χ0) is 16.6. The second-order valence-electron chi connectivity index (χ2n) is 6.17. The zero-order valence-electron chi connectivity index (χ0n) is 13.6. The molecule has 3 aliphatic rings. The normalized spacial score (nSPS) is 27.7. The van der Waals surface area contributed by atoms with E-state index in [-0.39, 0.29) is 11.8 Å². The highest BCUT2D eigenvalue weighted by Crippen LogP contribution is 2.38. The molecule has 6 nitrogen and oxygen atoms in total. The minimum Gasteiger partial charge on any atom is -0.491 e. The number of ketones is 1. The maximum Gasteiger partial charge on any atom is 0.157 e. The third-order valence-electron chi connectivity index (χ3n) is 4.67. The molecule has 0 saturated carbocycles. The summed E-state index contributed by atoms with van der Waals surface area (Å²) in [5.74, 6) is 1.67. The van der Waals surface area contributed by atoms with Crippen LogP contribution in [0, 0.1) is 0 Å². The summed E-state index contributed by atoms with van der Waals surface area (Å²) in [7, 11) is 0. The molecule has 0 saturated heterocycles. The number of hydrogen-bond donors (Lipinski definition) is 1. The van der Waals surface area contributed by atoms with Crippen molar-refractivity contribution >= 4 is 23.6 Å². The lowest BCUT2D eigenvalue weighted by Gasteiger charge is -2.45. The zero-order valence-corrected chi connectivity index (χ0v) is 13.6. The molecule has 0 aromatic heterocycles. The van der Waals surface area contributed by atoms with Gasteiger partial charge in [0.1, 0.15) is 11.3 Å². The Morgan fingerprint density at radius 1 is 1.42 bits per heavy atom. The quantitative estimate of drug-likeness (QED) is 0.919. The number of rotatable bonds is 4. The second-order valence-corrected chi connectivity index (χ2v) is 6.17. The highest BCUT2D eigenvalue weighted by Gasteiger charge is 2.51. The van der Waals surface area contributed by atoms with Crippen LogP contribution in [0.15, 0.2) is 46.4 Å². The molecule has 6 heteroatoms. The van der Waals surface area contributed by atoms with Crippen molar-refractivity contribution in [3.63, 3.8) is 0 Å². The molecule has 124 valence electrons. The topological polar surface area (TPSA) is 66.3 Å². The number of nitrogens with zero attached hydrogens (tertiary/aromatic N) is 3. The van der Waals surface area contributed by atoms with Crippen LogP contribution in [0.4, 0.5) is 5.69 Å². The Morgan fingerprint density at radius 3 is 3.17 bits per heavy atom. The van der Waals surface area contributed by atoms with Crippen LogP contribution in [-0.4, -0.2) is 42.8 Å². The number of nitrogens with one attached hydrogen (secondary N) is 1. The summed E-state index contributed by atoms with van der Waals surface area (Å²) < 4.78 is 5.90. The van der Waals surface area contributed by atoms with E-state index in [4.69, 9.17) is 4.74 Å². The van der Waals surface area contributed by atoms with Crippen LogP contribution in [0.3, 0.4) is 0 Å². The van der Waals surface area contributed by atoms with Gasteiger partial charge in [-0.25, -0.2) is 4.99 Å². The van der Waals surface area contributed by atoms with Crippen LogP contribution in [0.5, 0.6) is 5.75 Å². The average Bonchev–Trinajstić information content (AvgIpc) is 3.03. The standard InChI is InChI=1S/C18H20N4O2/c1-2-9-24-15-6-4-3-5-14(15)22-12-20-17-18(21-11-19-17)8-7-13(23)10-16(18)22/h3-8,12,16,21H,2,9-11H2,1H3. The molecule has 1 N–H and O–H groups in total. The highest BCUT2D eigenvalue weighted by molar-refractivity contribution is 6.10. The van der Waals surface area contributed by atoms with Crippen LogP contribution < -0.4 is 15.0 Å². The van der Waals surface area contributed by atoms with E-state index >= 15 is 0 Å². The average molecular weight is 324 g/mol. The van der Waals surface area contributed by atoms with E-state index in [1.807, 2.05) is 35.2 Å². The summed E-state index contributed by atoms with van der Waals surface area (Å²) >= 11 is 0. The lowest BCUT2D eigenvalue weighted by Crippen LogP contribution is -2.65. The summed E-state index contributed by atoms with van der Waals surface area (Å²) in [6, 6.07) is 7.79. The molecule has 2 aliphatic heterocycles. The first-order valence-corrected chi connectivity index (χ1v) is 8.31. The lowest BCUT2D eigenvalue weighted by molar-refractivity contribution is -0.115. The minimum absolute atomic E-state index is 0.0971. The Bertz CT molecular complexity index is 755. The molecule has 2 unspecified atom stereocenters. The van der Waals surface area contributed by atoms with Gasteiger partial charge in [-0.05, 0) is 24.6 Å². The number of carbonyl (C=O) groups is 1. The van der Waals surface area contributed by atoms with Gasteiger partial charge in [-0.2, -0.15) is 0 Å². The Kier molecular flexibility index (Phi) is 3.69. The Labute approximate surface area is 140 Å². The van der Waals surface area contributed by atoms with E-state index in [1.54, 1.807) is 12.4 Å². The summed E-state index contributed by atoms with van der Waals surface area (Å²) in [4.78, 5) is 23.1. The summed E-state index contributed by atoms with van der Waals surface area (Å²) in [5.41, 5.74) is 0.426. The number of allylic oxidation sites excluding steroid dienone is 1. The van der Waals surface area contributed by atoms with E-state index in [0.717, 1.165) is 23.7 Å². The first-order valence-electron chi connectivity index (χ1n) is 8.31. The van der Waals surface area contributed by atoms with Gasteiger partial charge in [-0.1, -0.05) is 25.1 Å². The molecule has 1 spiro atoms. The summed E-state index contributed by atoms with van der Waals surface area (Å²) in [5, 5.41) is 3.42. The van der Waals surface area contributed by atoms with Gasteiger partial charge < -0.3 is 9.64 Å². The van der Waals surface area contributed by atoms with Crippen molar-refractivity contribution in [3.05, 3.63) is 36.4 Å². The van der Waals surface area contributed by atoms with Gasteiger partial charge in [0.25, 0.3) is 0 Å². The minimum atomic E-state index is -0.499. The van der Waals surface area contributed by atoms with E-state index in [9.17, 15) is 4.79 Å². The van der Waals surface area contributed by atoms with Crippen molar-refractivity contribution < 1.29 is 9.53 Å². The summed E-state index contributed by atoms with van der Waals surface area (Å²) in [6.07, 6.45) is 6.68. The second kappa shape index (κ2) is 5.87. The fraction of sp³-hybridized carbons (Fsp3) is 0.389. The molecule has 0 fully saturated rings. The van der Waals surface area contributed by atoms with Crippen LogP contribution >= 0.6 is 0 Å². The smallest absolute Gasteiger partial charge is 0.157 e. The highest BCUT2D eigenvalue weighted by atomic mass is 16.5. The maximum absolute atomic E-state index is 12.1. The summed E-state index contributed by atoms with van der Waals surface area (Å²) in [6.45, 7) is 3.25. The molecule has 0 amide bonds. The monoisotopic (exact) mass is 324 g/mol. The van der Waals surface area contributed by atoms with Crippen molar-refractivity contribution in [2.45, 2.75) is 31.3 Å². The molecule has 2 heterocycles. The molecule has 24 heavy (non-hydrogen) atoms. The van der Waals surface area contributed by atoms with Crippen molar-refractivity contribution in [1.29, 1.82) is 0 Å². The number of hydrogen-bond acceptors (Lipinski definition) is 6. The third kappa shape index (κ3) is 2.26. The van der Waals surface area contributed by atoms with Crippen LogP contribution in [-0.2, 0) is 4.79 Å². The number of anilines is 1. The third-order valence-corrected chi connectivity index (χ3v) is 4.67. The molecule has 2 atom stereocenters. The van der Waals surface area contributed by atoms with Gasteiger partial charge in [-0.3, -0.25) is 15.1 Å². The van der Waals surface area contributed by atoms with Gasteiger partial charge in [-0.15, -0.1) is 0 Å². The molecular weight excluding hydrogens is 304 g/mol. The largest absolute Gasteiger partial charge is 0.491 e. The van der Waals surface area contributed by atoms with Crippen LogP contribution in [0.1, 0.15) is 19.8 Å². The first kappa shape index (κ1) is 15.1. The van der Waals surface area contributed by atoms with Crippen LogP contribution in [0.25, 0.3) is 0 Å². The predicted octanol–water partition coefficient (Wildman–Crippen LogP) is 1.92. The van der Waals surface area contributed by atoms with Gasteiger partial charge in [0.2, 0.25) is 0 Å². The molecule has 0 radical (unpaired) electrons. The number of aliphatic imine (C=N–C) groups is 2. The van der Waals surface area contributed by atoms with Crippen LogP contribution in [0.2, 0.25) is 0 Å². The SMILES string of the molecule is CCCOc1ccccc1N1C=NC2=NCNC23C=CC(=O)CC13. The van der Waals surface area contributed by atoms with Crippen molar-refractivity contribution in [3.8, 4) is 5.75 Å². The molecule has 4 rings (SSSR count). The van der Waals surface area contributed by atoms with Gasteiger partial charge in [0, 0.05) is 6.42 Å². The van der Waals surface area contributed by atoms with Gasteiger partial charge >= 0.3 is 0 Å². The van der Waals surface area contributed by atoms with Crippen molar-refractivity contribution in [2.75, 3.05) is 18.2 Å². The maximum atomic E-state index is 12.1. The number of para-hydroxylation sites is 2. The molecule has 0 bridgehead atoms. The van der Waals surface area contributed by atoms with Crippen molar-refractivity contribution in [2.24, 2.45) is 9.98 Å². The Hall–Kier alpha value is -2.47. The van der Waals surface area contributed by atoms with E-state index < -0.39 is 5.54 Å². The molecule has 1 aliphatic carbocycles. The van der Waals surface area contributed by atoms with E-state index in [1.165, 1.54) is 0 Å². The lowest BCUT2D eigenvalue weighted by atomic mass is 9.79. The Morgan fingerprint density at radius 2 is 2.29 bits per heavy atom. The first-order chi connectivity index (χ1) is 11.7. The molecule has 1 aromatic rings. The number of benzene rings is 1. The number of carbonyl (C=O) groups excluding carboxylic acids is 1. The molecular formula is C18H20N4O2. The fourth-order valence-electron chi connectivity index (χ4n) is 3.51. The number of ether oxygens (including phenoxy) is 1. The van der Waals surface area contributed by atoms with E-state index in [2.05, 4.69) is 22.2 Å². The van der Waals surface area contributed by atoms with E-state index in [0.29, 0.717) is 19.7 Å². The van der Waals surface area contributed by atoms with Gasteiger partial charge in [0.15, 0.2) is 11.6 Å². The predicted molar refractivity (Wildman–Crippen MR) is 93.9 cm³/mol. The van der Waals surface area contributed by atoms with Crippen molar-refractivity contribution in [1.82, 2.24) is 5.32 Å². The van der Waals surface area contributed by atoms with Gasteiger partial charge in [0.05, 0.1) is 31.3 Å².